The first-order chi connectivity index (χ1) is 15.5. The molecule has 0 saturated heterocycles. The van der Waals surface area contributed by atoms with Gasteiger partial charge in [0.15, 0.2) is 17.2 Å². The van der Waals surface area contributed by atoms with E-state index >= 15 is 4.39 Å². The molecule has 0 aromatic heterocycles. The minimum absolute atomic E-state index is 0.0340. The first-order valence-corrected chi connectivity index (χ1v) is 10.5. The summed E-state index contributed by atoms with van der Waals surface area (Å²) in [6.45, 7) is -0.291. The van der Waals surface area contributed by atoms with Crippen LogP contribution in [0.5, 0.6) is 11.5 Å². The molecule has 2 heterocycles. The maximum absolute atomic E-state index is 15.7. The number of aliphatic hydroxyl groups excluding tert-OH is 1. The highest BCUT2D eigenvalue weighted by atomic mass is 35.5. The fourth-order valence-corrected chi connectivity index (χ4v) is 4.83. The minimum Gasteiger partial charge on any atom is -0.488 e. The quantitative estimate of drug-likeness (QED) is 0.548. The molecule has 0 fully saturated rings. The number of carbonyl (C=O) groups excluding carboxylic acids is 1. The number of amides is 1. The molecule has 164 valence electrons. The number of benzene rings is 3. The zero-order chi connectivity index (χ0) is 22.5. The van der Waals surface area contributed by atoms with Gasteiger partial charge in [-0.15, -0.1) is 0 Å². The smallest absolute Gasteiger partial charge is 0.252 e. The van der Waals surface area contributed by atoms with Crippen molar-refractivity contribution in [1.29, 1.82) is 0 Å². The number of nitrogens with one attached hydrogen (secondary N) is 1. The van der Waals surface area contributed by atoms with Gasteiger partial charge in [0, 0.05) is 28.3 Å². The number of nitrogens with two attached hydrogens (primary N) is 1. The van der Waals surface area contributed by atoms with Crippen LogP contribution in [0.4, 0.5) is 4.39 Å². The average Bonchev–Trinajstić information content (AvgIpc) is 3.05. The molecule has 0 saturated carbocycles. The number of carbonyl (C=O) groups is 1. The Bertz CT molecular complexity index is 1220. The Morgan fingerprint density at radius 3 is 2.66 bits per heavy atom. The summed E-state index contributed by atoms with van der Waals surface area (Å²) in [5.74, 6) is -0.815. The minimum atomic E-state index is -1.09. The lowest BCUT2D eigenvalue weighted by Gasteiger charge is -2.34. The monoisotopic (exact) mass is 454 g/mol. The molecule has 2 unspecified atom stereocenters. The maximum Gasteiger partial charge on any atom is 0.252 e. The Labute approximate surface area is 188 Å². The number of aliphatic hydroxyl groups is 1. The Hall–Kier alpha value is -3.13. The van der Waals surface area contributed by atoms with Gasteiger partial charge in [-0.2, -0.15) is 0 Å². The van der Waals surface area contributed by atoms with Crippen LogP contribution in [0.15, 0.2) is 54.6 Å². The molecule has 2 atom stereocenters. The van der Waals surface area contributed by atoms with Crippen LogP contribution >= 0.6 is 11.6 Å². The van der Waals surface area contributed by atoms with Gasteiger partial charge in [0.05, 0.1) is 12.2 Å². The van der Waals surface area contributed by atoms with Crippen molar-refractivity contribution in [2.75, 3.05) is 19.8 Å². The average molecular weight is 455 g/mol. The van der Waals surface area contributed by atoms with Crippen molar-refractivity contribution in [2.45, 2.75) is 11.6 Å². The first-order valence-electron chi connectivity index (χ1n) is 10.2. The summed E-state index contributed by atoms with van der Waals surface area (Å²) in [6, 6.07) is 14.9. The van der Waals surface area contributed by atoms with E-state index in [0.717, 1.165) is 5.56 Å². The molecule has 0 radical (unpaired) electrons. The SMILES string of the molecule is NCC1(c2ccccc2)Oc2ccc(Cl)c3c2C1NC(=O)c1ccc(OCCO)c(F)c1-3. The topological polar surface area (TPSA) is 93.8 Å². The normalized spacial score (nSPS) is 20.6. The van der Waals surface area contributed by atoms with Crippen LogP contribution in [0.3, 0.4) is 0 Å². The van der Waals surface area contributed by atoms with E-state index in [1.54, 1.807) is 12.1 Å². The molecule has 5 rings (SSSR count). The van der Waals surface area contributed by atoms with E-state index in [0.29, 0.717) is 16.9 Å². The summed E-state index contributed by atoms with van der Waals surface area (Å²) in [7, 11) is 0. The van der Waals surface area contributed by atoms with Crippen LogP contribution in [0, 0.1) is 5.82 Å². The molecular formula is C24H20ClFN2O4. The van der Waals surface area contributed by atoms with E-state index in [1.807, 2.05) is 30.3 Å². The number of hydrogen-bond acceptors (Lipinski definition) is 5. The highest BCUT2D eigenvalue weighted by Gasteiger charge is 2.53. The Balaban J connectivity index is 1.79. The van der Waals surface area contributed by atoms with E-state index in [1.165, 1.54) is 12.1 Å². The van der Waals surface area contributed by atoms with Crippen LogP contribution in [-0.2, 0) is 5.60 Å². The summed E-state index contributed by atoms with van der Waals surface area (Å²) in [4.78, 5) is 13.3. The van der Waals surface area contributed by atoms with Crippen molar-refractivity contribution in [1.82, 2.24) is 5.32 Å². The van der Waals surface area contributed by atoms with Crippen LogP contribution in [0.1, 0.15) is 27.5 Å². The lowest BCUT2D eigenvalue weighted by molar-refractivity contribution is 0.0555. The van der Waals surface area contributed by atoms with Gasteiger partial charge in [0.25, 0.3) is 5.91 Å². The molecule has 32 heavy (non-hydrogen) atoms. The first kappa shape index (κ1) is 20.8. The molecule has 6 nitrogen and oxygen atoms in total. The number of rotatable bonds is 5. The van der Waals surface area contributed by atoms with Gasteiger partial charge in [0.2, 0.25) is 0 Å². The van der Waals surface area contributed by atoms with Crippen LogP contribution in [0.2, 0.25) is 5.02 Å². The fraction of sp³-hybridized carbons (Fsp3) is 0.208. The van der Waals surface area contributed by atoms with Crippen molar-refractivity contribution >= 4 is 17.5 Å². The lowest BCUT2D eigenvalue weighted by Crippen LogP contribution is -2.48. The molecule has 3 aromatic carbocycles. The third-order valence-electron chi connectivity index (χ3n) is 5.99. The van der Waals surface area contributed by atoms with E-state index in [4.69, 9.17) is 31.9 Å². The van der Waals surface area contributed by atoms with Gasteiger partial charge in [-0.3, -0.25) is 4.79 Å². The predicted octanol–water partition coefficient (Wildman–Crippen LogP) is 3.55. The third kappa shape index (κ3) is 2.89. The predicted molar refractivity (Wildman–Crippen MR) is 117 cm³/mol. The van der Waals surface area contributed by atoms with Crippen molar-refractivity contribution in [3.63, 3.8) is 0 Å². The molecule has 0 aliphatic carbocycles. The number of fused-ring (bicyclic) bond motifs is 2. The van der Waals surface area contributed by atoms with Crippen LogP contribution in [-0.4, -0.2) is 30.8 Å². The fourth-order valence-electron chi connectivity index (χ4n) is 4.57. The number of hydrogen-bond donors (Lipinski definition) is 3. The molecule has 2 aliphatic rings. The Morgan fingerprint density at radius 2 is 1.94 bits per heavy atom. The van der Waals surface area contributed by atoms with Crippen LogP contribution in [0.25, 0.3) is 11.1 Å². The van der Waals surface area contributed by atoms with E-state index in [2.05, 4.69) is 5.32 Å². The van der Waals surface area contributed by atoms with Gasteiger partial charge >= 0.3 is 0 Å². The highest BCUT2D eigenvalue weighted by molar-refractivity contribution is 6.34. The number of halogens is 2. The zero-order valence-electron chi connectivity index (χ0n) is 16.9. The van der Waals surface area contributed by atoms with Crippen molar-refractivity contribution < 1.29 is 23.8 Å². The third-order valence-corrected chi connectivity index (χ3v) is 6.31. The van der Waals surface area contributed by atoms with Crippen molar-refractivity contribution in [3.8, 4) is 22.6 Å². The summed E-state index contributed by atoms with van der Waals surface area (Å²) in [5.41, 5.74) is 7.02. The maximum atomic E-state index is 15.7. The molecule has 1 amide bonds. The summed E-state index contributed by atoms with van der Waals surface area (Å²) >= 11 is 6.59. The molecular weight excluding hydrogens is 435 g/mol. The zero-order valence-corrected chi connectivity index (χ0v) is 17.7. The molecule has 4 N–H and O–H groups in total. The van der Waals surface area contributed by atoms with Gasteiger partial charge in [-0.05, 0) is 29.8 Å². The molecule has 0 bridgehead atoms. The standard InChI is InChI=1S/C24H20ClFN2O4/c25-15-7-9-16-20-19(15)18-14(6-8-17(21(18)26)31-11-10-29)23(30)28-22(20)24(12-27,32-16)13-4-2-1-3-5-13/h1-9,22,29H,10-12,27H2,(H,28,30). The van der Waals surface area contributed by atoms with Gasteiger partial charge in [-0.1, -0.05) is 41.9 Å². The van der Waals surface area contributed by atoms with Gasteiger partial charge in [0.1, 0.15) is 18.4 Å². The van der Waals surface area contributed by atoms with E-state index in [-0.39, 0.29) is 41.7 Å². The Morgan fingerprint density at radius 1 is 1.16 bits per heavy atom. The van der Waals surface area contributed by atoms with Crippen molar-refractivity contribution in [3.05, 3.63) is 82.1 Å². The largest absolute Gasteiger partial charge is 0.488 e. The van der Waals surface area contributed by atoms with E-state index in [9.17, 15) is 4.79 Å². The van der Waals surface area contributed by atoms with Gasteiger partial charge in [-0.25, -0.2) is 4.39 Å². The second-order valence-electron chi connectivity index (χ2n) is 7.67. The number of ether oxygens (including phenoxy) is 2. The van der Waals surface area contributed by atoms with E-state index < -0.39 is 23.4 Å². The second-order valence-corrected chi connectivity index (χ2v) is 8.08. The lowest BCUT2D eigenvalue weighted by atomic mass is 9.82. The molecule has 8 heteroatoms. The molecule has 2 aliphatic heterocycles. The van der Waals surface area contributed by atoms with Crippen LogP contribution < -0.4 is 20.5 Å². The molecule has 0 spiro atoms. The highest BCUT2D eigenvalue weighted by Crippen LogP contribution is 2.56. The van der Waals surface area contributed by atoms with Gasteiger partial charge < -0.3 is 25.6 Å². The summed E-state index contributed by atoms with van der Waals surface area (Å²) in [6.07, 6.45) is 0. The Kier molecular flexibility index (Phi) is 5.04. The second kappa shape index (κ2) is 7.78. The summed E-state index contributed by atoms with van der Waals surface area (Å²) < 4.78 is 27.4. The summed E-state index contributed by atoms with van der Waals surface area (Å²) in [5, 5.41) is 12.3. The molecule has 3 aromatic rings. The van der Waals surface area contributed by atoms with Crippen molar-refractivity contribution in [2.24, 2.45) is 5.73 Å².